The number of hydrogen-bond donors (Lipinski definition) is 0. The number of halogens is 1. The van der Waals surface area contributed by atoms with Crippen LogP contribution in [0.1, 0.15) is 26.7 Å². The van der Waals surface area contributed by atoms with Gasteiger partial charge in [0.2, 0.25) is 0 Å². The van der Waals surface area contributed by atoms with Crippen LogP contribution in [0.25, 0.3) is 0 Å². The normalized spacial score (nSPS) is 19.1. The second-order valence-electron chi connectivity index (χ2n) is 6.38. The number of anilines is 1. The molecule has 1 heterocycles. The highest BCUT2D eigenvalue weighted by atomic mass is 32.2. The summed E-state index contributed by atoms with van der Waals surface area (Å²) in [5.41, 5.74) is 1.80. The molecule has 1 aliphatic rings. The van der Waals surface area contributed by atoms with Crippen molar-refractivity contribution in [1.82, 2.24) is 0 Å². The van der Waals surface area contributed by atoms with E-state index in [9.17, 15) is 9.18 Å². The lowest BCUT2D eigenvalue weighted by atomic mass is 10.1. The molecule has 0 aromatic heterocycles. The van der Waals surface area contributed by atoms with Crippen molar-refractivity contribution in [3.8, 4) is 0 Å². The van der Waals surface area contributed by atoms with E-state index >= 15 is 0 Å². The molecule has 0 amide bonds. The Labute approximate surface area is 168 Å². The number of hydrazone groups is 1. The van der Waals surface area contributed by atoms with Gasteiger partial charge in [-0.25, -0.2) is 9.18 Å². The Hall–Kier alpha value is -2.67. The summed E-state index contributed by atoms with van der Waals surface area (Å²) in [6.45, 7) is 3.83. The molecule has 2 aromatic carbocycles. The molecule has 2 aromatic rings. The second-order valence-corrected chi connectivity index (χ2v) is 7.57. The van der Waals surface area contributed by atoms with Gasteiger partial charge >= 0.3 is 5.97 Å². The predicted octanol–water partition coefficient (Wildman–Crippen LogP) is 5.09. The largest absolute Gasteiger partial charge is 0.334 e. The molecule has 0 radical (unpaired) electrons. The smallest absolute Gasteiger partial charge is 0.319 e. The van der Waals surface area contributed by atoms with Gasteiger partial charge in [-0.15, -0.1) is 0 Å². The zero-order valence-electron chi connectivity index (χ0n) is 15.8. The number of oxime groups is 1. The van der Waals surface area contributed by atoms with Crippen molar-refractivity contribution in [2.24, 2.45) is 16.2 Å². The number of hydrogen-bond acceptors (Lipinski definition) is 6. The molecule has 2 atom stereocenters. The lowest BCUT2D eigenvalue weighted by Crippen LogP contribution is -2.31. The van der Waals surface area contributed by atoms with E-state index in [2.05, 4.69) is 5.16 Å². The van der Waals surface area contributed by atoms with Crippen LogP contribution in [0.2, 0.25) is 0 Å². The number of nitrogens with zero attached hydrogens (tertiary/aromatic N) is 3. The summed E-state index contributed by atoms with van der Waals surface area (Å²) >= 11 is 1.56. The Balaban J connectivity index is 1.83. The standard InChI is InChI=1S/C21H22FN3O2S/c1-3-7-20(26)27-23-14-19-15(2)24-25(17-8-5-4-6-9-17)21(19)28-18-12-10-16(22)11-13-18/h4-6,8-14,19,21H,3,7H2,1-2H3/b23-14+. The third-order valence-electron chi connectivity index (χ3n) is 4.22. The van der Waals surface area contributed by atoms with Gasteiger partial charge in [-0.1, -0.05) is 42.0 Å². The molecular formula is C21H22FN3O2S. The fourth-order valence-electron chi connectivity index (χ4n) is 2.80. The molecule has 5 nitrogen and oxygen atoms in total. The first-order chi connectivity index (χ1) is 13.6. The summed E-state index contributed by atoms with van der Waals surface area (Å²) in [4.78, 5) is 17.4. The minimum atomic E-state index is -0.353. The van der Waals surface area contributed by atoms with Crippen molar-refractivity contribution in [2.75, 3.05) is 5.01 Å². The van der Waals surface area contributed by atoms with Gasteiger partial charge in [0.1, 0.15) is 11.2 Å². The molecule has 2 unspecified atom stereocenters. The molecule has 0 fully saturated rings. The SMILES string of the molecule is CCCC(=O)O/N=C/C1C(C)=NN(c2ccccc2)C1Sc1ccc(F)cc1. The molecule has 1 aliphatic heterocycles. The molecule has 0 saturated heterocycles. The fraction of sp³-hybridized carbons (Fsp3) is 0.286. The average molecular weight is 399 g/mol. The van der Waals surface area contributed by atoms with Crippen LogP contribution in [-0.4, -0.2) is 23.3 Å². The first kappa shape index (κ1) is 20.1. The highest BCUT2D eigenvalue weighted by molar-refractivity contribution is 8.00. The van der Waals surface area contributed by atoms with E-state index in [4.69, 9.17) is 9.94 Å². The van der Waals surface area contributed by atoms with Crippen LogP contribution < -0.4 is 5.01 Å². The van der Waals surface area contributed by atoms with E-state index in [1.165, 1.54) is 12.1 Å². The van der Waals surface area contributed by atoms with E-state index in [-0.39, 0.29) is 23.1 Å². The lowest BCUT2D eigenvalue weighted by Gasteiger charge is -2.26. The zero-order valence-corrected chi connectivity index (χ0v) is 16.6. The van der Waals surface area contributed by atoms with Crippen LogP contribution in [-0.2, 0) is 9.63 Å². The Bertz CT molecular complexity index is 856. The molecule has 0 aliphatic carbocycles. The van der Waals surface area contributed by atoms with Crippen LogP contribution in [0.5, 0.6) is 0 Å². The third kappa shape index (κ3) is 4.98. The van der Waals surface area contributed by atoms with Gasteiger partial charge in [0.05, 0.1) is 17.8 Å². The molecule has 146 valence electrons. The van der Waals surface area contributed by atoms with Gasteiger partial charge in [0, 0.05) is 17.0 Å². The summed E-state index contributed by atoms with van der Waals surface area (Å²) in [6.07, 6.45) is 2.67. The molecule has 3 rings (SSSR count). The van der Waals surface area contributed by atoms with E-state index in [1.807, 2.05) is 49.2 Å². The van der Waals surface area contributed by atoms with Crippen LogP contribution in [0.15, 0.2) is 69.7 Å². The summed E-state index contributed by atoms with van der Waals surface area (Å²) in [7, 11) is 0. The number of carbonyl (C=O) groups excluding carboxylic acids is 1. The van der Waals surface area contributed by atoms with Crippen molar-refractivity contribution in [2.45, 2.75) is 37.0 Å². The summed E-state index contributed by atoms with van der Waals surface area (Å²) in [5.74, 6) is -0.789. The topological polar surface area (TPSA) is 54.3 Å². The van der Waals surface area contributed by atoms with E-state index in [0.29, 0.717) is 12.8 Å². The molecule has 0 spiro atoms. The molecule has 0 bridgehead atoms. The maximum Gasteiger partial charge on any atom is 0.334 e. The van der Waals surface area contributed by atoms with Crippen molar-refractivity contribution in [3.05, 3.63) is 60.4 Å². The number of carbonyl (C=O) groups is 1. The Morgan fingerprint density at radius 2 is 1.96 bits per heavy atom. The minimum Gasteiger partial charge on any atom is -0.319 e. The first-order valence-corrected chi connectivity index (χ1v) is 10.0. The second kappa shape index (κ2) is 9.50. The van der Waals surface area contributed by atoms with Crippen molar-refractivity contribution >= 4 is 35.3 Å². The summed E-state index contributed by atoms with van der Waals surface area (Å²) in [6, 6.07) is 16.2. The van der Waals surface area contributed by atoms with Crippen molar-refractivity contribution in [3.63, 3.8) is 0 Å². The van der Waals surface area contributed by atoms with Crippen molar-refractivity contribution in [1.29, 1.82) is 0 Å². The number of rotatable bonds is 7. The van der Waals surface area contributed by atoms with Gasteiger partial charge < -0.3 is 4.84 Å². The molecule has 28 heavy (non-hydrogen) atoms. The molecular weight excluding hydrogens is 377 g/mol. The Morgan fingerprint density at radius 3 is 2.64 bits per heavy atom. The lowest BCUT2D eigenvalue weighted by molar-refractivity contribution is -0.143. The monoisotopic (exact) mass is 399 g/mol. The van der Waals surface area contributed by atoms with E-state index in [1.54, 1.807) is 30.1 Å². The van der Waals surface area contributed by atoms with E-state index in [0.717, 1.165) is 16.3 Å². The fourth-order valence-corrected chi connectivity index (χ4v) is 4.05. The maximum absolute atomic E-state index is 13.3. The van der Waals surface area contributed by atoms with Crippen LogP contribution in [0.4, 0.5) is 10.1 Å². The van der Waals surface area contributed by atoms with E-state index < -0.39 is 0 Å². The Morgan fingerprint density at radius 1 is 1.25 bits per heavy atom. The van der Waals surface area contributed by atoms with Gasteiger partial charge in [-0.3, -0.25) is 5.01 Å². The highest BCUT2D eigenvalue weighted by Crippen LogP contribution is 2.38. The number of para-hydroxylation sites is 1. The Kier molecular flexibility index (Phi) is 6.81. The molecule has 7 heteroatoms. The average Bonchev–Trinajstić information content (AvgIpc) is 3.00. The number of thioether (sulfide) groups is 1. The maximum atomic E-state index is 13.3. The van der Waals surface area contributed by atoms with Gasteiger partial charge in [-0.2, -0.15) is 5.10 Å². The van der Waals surface area contributed by atoms with Crippen LogP contribution in [0, 0.1) is 11.7 Å². The van der Waals surface area contributed by atoms with Gasteiger partial charge in [0.25, 0.3) is 0 Å². The first-order valence-electron chi connectivity index (χ1n) is 9.13. The van der Waals surface area contributed by atoms with Crippen LogP contribution >= 0.6 is 11.8 Å². The van der Waals surface area contributed by atoms with Gasteiger partial charge in [-0.05, 0) is 49.7 Å². The van der Waals surface area contributed by atoms with Crippen LogP contribution in [0.3, 0.4) is 0 Å². The quantitative estimate of drug-likeness (QED) is 0.370. The highest BCUT2D eigenvalue weighted by Gasteiger charge is 2.36. The van der Waals surface area contributed by atoms with Crippen molar-refractivity contribution < 1.29 is 14.0 Å². The predicted molar refractivity (Wildman–Crippen MR) is 111 cm³/mol. The molecule has 0 saturated carbocycles. The summed E-state index contributed by atoms with van der Waals surface area (Å²) in [5, 5.41) is 10.4. The number of benzene rings is 2. The zero-order chi connectivity index (χ0) is 19.9. The summed E-state index contributed by atoms with van der Waals surface area (Å²) < 4.78 is 13.3. The van der Waals surface area contributed by atoms with Gasteiger partial charge in [0.15, 0.2) is 0 Å². The minimum absolute atomic E-state index is 0.138. The molecule has 0 N–H and O–H groups in total. The third-order valence-corrected chi connectivity index (χ3v) is 5.50.